The molecule has 3 heteroatoms. The highest BCUT2D eigenvalue weighted by Gasteiger charge is 2.31. The van der Waals surface area contributed by atoms with E-state index < -0.39 is 0 Å². The summed E-state index contributed by atoms with van der Waals surface area (Å²) in [4.78, 5) is 15.8. The van der Waals surface area contributed by atoms with Crippen molar-refractivity contribution in [2.45, 2.75) is 27.3 Å². The molecule has 0 saturated carbocycles. The van der Waals surface area contributed by atoms with Gasteiger partial charge in [0.15, 0.2) is 0 Å². The second-order valence-corrected chi connectivity index (χ2v) is 12.0. The summed E-state index contributed by atoms with van der Waals surface area (Å²) >= 11 is 0. The van der Waals surface area contributed by atoms with Gasteiger partial charge in [-0.25, -0.2) is 0 Å². The Labute approximate surface area is 257 Å². The minimum Gasteiger partial charge on any atom is -0.309 e. The molecule has 0 saturated heterocycles. The molecule has 1 amide bonds. The number of nitrogens with zero attached hydrogens (tertiary/aromatic N) is 2. The molecular weight excluding hydrogens is 536 g/mol. The number of benzene rings is 6. The average molecular weight is 569 g/mol. The van der Waals surface area contributed by atoms with Crippen LogP contribution in [0.4, 0.5) is 5.69 Å². The summed E-state index contributed by atoms with van der Waals surface area (Å²) in [5.41, 5.74) is 14.7. The normalized spacial score (nSPS) is 12.8. The number of rotatable bonds is 4. The van der Waals surface area contributed by atoms with Crippen molar-refractivity contribution in [2.75, 3.05) is 4.90 Å². The zero-order valence-corrected chi connectivity index (χ0v) is 25.1. The van der Waals surface area contributed by atoms with E-state index in [0.717, 1.165) is 39.1 Å². The molecule has 0 fully saturated rings. The number of aryl methyl sites for hydroxylation is 3. The SMILES string of the molecule is Cc1cc(C)c(-c2ccc3c4ccccc4n(-c4cccc5c4CN(c4ccc(-c6ccccc6)cc4)C5=O)c3c2)c(C)c1. The molecule has 0 spiro atoms. The van der Waals surface area contributed by atoms with Gasteiger partial charge >= 0.3 is 0 Å². The molecule has 1 aliphatic heterocycles. The Balaban J connectivity index is 1.27. The van der Waals surface area contributed by atoms with Crippen LogP contribution in [0, 0.1) is 20.8 Å². The van der Waals surface area contributed by atoms with Crippen LogP contribution in [-0.4, -0.2) is 10.5 Å². The summed E-state index contributed by atoms with van der Waals surface area (Å²) < 4.78 is 2.36. The second kappa shape index (κ2) is 10.1. The third kappa shape index (κ3) is 4.08. The van der Waals surface area contributed by atoms with E-state index in [1.807, 2.05) is 35.2 Å². The maximum Gasteiger partial charge on any atom is 0.259 e. The first-order valence-corrected chi connectivity index (χ1v) is 15.2. The van der Waals surface area contributed by atoms with Gasteiger partial charge in [-0.1, -0.05) is 96.6 Å². The number of aromatic nitrogens is 1. The van der Waals surface area contributed by atoms with Crippen LogP contribution in [0.5, 0.6) is 0 Å². The molecule has 0 N–H and O–H groups in total. The average Bonchev–Trinajstić information content (AvgIpc) is 3.55. The van der Waals surface area contributed by atoms with E-state index in [-0.39, 0.29) is 5.91 Å². The topological polar surface area (TPSA) is 25.2 Å². The summed E-state index contributed by atoms with van der Waals surface area (Å²) in [6, 6.07) is 44.8. The first kappa shape index (κ1) is 26.2. The lowest BCUT2D eigenvalue weighted by molar-refractivity contribution is 0.0996. The van der Waals surface area contributed by atoms with E-state index in [1.54, 1.807) is 0 Å². The van der Waals surface area contributed by atoms with Gasteiger partial charge < -0.3 is 9.47 Å². The van der Waals surface area contributed by atoms with Crippen molar-refractivity contribution in [1.29, 1.82) is 0 Å². The highest BCUT2D eigenvalue weighted by Crippen LogP contribution is 2.40. The van der Waals surface area contributed by atoms with E-state index >= 15 is 0 Å². The fraction of sp³-hybridized carbons (Fsp3) is 0.0976. The minimum absolute atomic E-state index is 0.0432. The predicted molar refractivity (Wildman–Crippen MR) is 183 cm³/mol. The lowest BCUT2D eigenvalue weighted by atomic mass is 9.93. The standard InChI is InChI=1S/C41H32N2O/c1-26-22-27(2)40(28(3)23-26)31-18-21-34-33-12-7-8-14-37(33)43(39(34)24-31)38-15-9-13-35-36(38)25-42(41(35)44)32-19-16-30(17-20-32)29-10-5-4-6-11-29/h4-24H,25H2,1-3H3. The van der Waals surface area contributed by atoms with E-state index in [0.29, 0.717) is 6.54 Å². The quantitative estimate of drug-likeness (QED) is 0.207. The van der Waals surface area contributed by atoms with Crippen LogP contribution >= 0.6 is 0 Å². The van der Waals surface area contributed by atoms with Gasteiger partial charge in [-0.2, -0.15) is 0 Å². The van der Waals surface area contributed by atoms with Crippen LogP contribution in [0.25, 0.3) is 49.7 Å². The Morgan fingerprint density at radius 3 is 2.00 bits per heavy atom. The van der Waals surface area contributed by atoms with Crippen molar-refractivity contribution >= 4 is 33.4 Å². The Morgan fingerprint density at radius 1 is 0.568 bits per heavy atom. The first-order valence-electron chi connectivity index (χ1n) is 15.2. The zero-order valence-electron chi connectivity index (χ0n) is 25.1. The van der Waals surface area contributed by atoms with Crippen LogP contribution < -0.4 is 4.90 Å². The molecule has 0 bridgehead atoms. The fourth-order valence-corrected chi connectivity index (χ4v) is 7.22. The van der Waals surface area contributed by atoms with Crippen LogP contribution in [0.15, 0.2) is 127 Å². The predicted octanol–water partition coefficient (Wildman–Crippen LogP) is 10.2. The van der Waals surface area contributed by atoms with E-state index in [2.05, 4.69) is 122 Å². The molecule has 2 heterocycles. The molecule has 0 atom stereocenters. The molecule has 1 aliphatic rings. The van der Waals surface area contributed by atoms with Crippen LogP contribution in [-0.2, 0) is 6.54 Å². The number of carbonyl (C=O) groups excluding carboxylic acids is 1. The monoisotopic (exact) mass is 568 g/mol. The number of hydrogen-bond acceptors (Lipinski definition) is 1. The van der Waals surface area contributed by atoms with Gasteiger partial charge in [0.05, 0.1) is 23.3 Å². The van der Waals surface area contributed by atoms with Gasteiger partial charge in [0.1, 0.15) is 0 Å². The Hall–Kier alpha value is -5.41. The number of amides is 1. The lowest BCUT2D eigenvalue weighted by Crippen LogP contribution is -2.22. The summed E-state index contributed by atoms with van der Waals surface area (Å²) in [5, 5.41) is 2.42. The summed E-state index contributed by atoms with van der Waals surface area (Å²) in [5.74, 6) is 0.0432. The van der Waals surface area contributed by atoms with E-state index in [9.17, 15) is 4.79 Å². The van der Waals surface area contributed by atoms with Gasteiger partial charge in [-0.05, 0) is 90.6 Å². The Bertz CT molecular complexity index is 2220. The third-order valence-corrected chi connectivity index (χ3v) is 9.11. The fourth-order valence-electron chi connectivity index (χ4n) is 7.22. The number of hydrogen-bond donors (Lipinski definition) is 0. The van der Waals surface area contributed by atoms with Gasteiger partial charge in [0, 0.05) is 27.6 Å². The van der Waals surface area contributed by atoms with E-state index in [4.69, 9.17) is 0 Å². The number of anilines is 1. The molecule has 8 rings (SSSR count). The van der Waals surface area contributed by atoms with Crippen LogP contribution in [0.1, 0.15) is 32.6 Å². The number of carbonyl (C=O) groups is 1. The van der Waals surface area contributed by atoms with Crippen molar-refractivity contribution in [3.05, 3.63) is 155 Å². The van der Waals surface area contributed by atoms with Crippen molar-refractivity contribution < 1.29 is 4.79 Å². The van der Waals surface area contributed by atoms with Gasteiger partial charge in [0.25, 0.3) is 5.91 Å². The summed E-state index contributed by atoms with van der Waals surface area (Å²) in [6.07, 6.45) is 0. The molecule has 212 valence electrons. The highest BCUT2D eigenvalue weighted by atomic mass is 16.2. The number of para-hydroxylation sites is 1. The van der Waals surface area contributed by atoms with Crippen LogP contribution in [0.3, 0.4) is 0 Å². The van der Waals surface area contributed by atoms with Crippen molar-refractivity contribution in [1.82, 2.24) is 4.57 Å². The van der Waals surface area contributed by atoms with Crippen molar-refractivity contribution in [2.24, 2.45) is 0 Å². The minimum atomic E-state index is 0.0432. The van der Waals surface area contributed by atoms with Crippen LogP contribution in [0.2, 0.25) is 0 Å². The highest BCUT2D eigenvalue weighted by molar-refractivity contribution is 6.13. The third-order valence-electron chi connectivity index (χ3n) is 9.11. The van der Waals surface area contributed by atoms with Gasteiger partial charge in [0.2, 0.25) is 0 Å². The van der Waals surface area contributed by atoms with E-state index in [1.165, 1.54) is 44.2 Å². The first-order chi connectivity index (χ1) is 21.5. The maximum atomic E-state index is 13.9. The summed E-state index contributed by atoms with van der Waals surface area (Å²) in [7, 11) is 0. The van der Waals surface area contributed by atoms with Gasteiger partial charge in [-0.15, -0.1) is 0 Å². The lowest BCUT2D eigenvalue weighted by Gasteiger charge is -2.17. The maximum absolute atomic E-state index is 13.9. The molecule has 6 aromatic carbocycles. The Morgan fingerprint density at radius 2 is 1.23 bits per heavy atom. The van der Waals surface area contributed by atoms with Gasteiger partial charge in [-0.3, -0.25) is 4.79 Å². The molecule has 0 unspecified atom stereocenters. The Kier molecular flexibility index (Phi) is 6.02. The largest absolute Gasteiger partial charge is 0.309 e. The number of fused-ring (bicyclic) bond motifs is 4. The molecule has 7 aromatic rings. The van der Waals surface area contributed by atoms with Crippen molar-refractivity contribution in [3.8, 4) is 27.9 Å². The second-order valence-electron chi connectivity index (χ2n) is 12.0. The summed E-state index contributed by atoms with van der Waals surface area (Å²) in [6.45, 7) is 7.08. The molecular formula is C41H32N2O. The molecule has 0 aliphatic carbocycles. The smallest absolute Gasteiger partial charge is 0.259 e. The molecule has 44 heavy (non-hydrogen) atoms. The molecule has 3 nitrogen and oxygen atoms in total. The zero-order chi connectivity index (χ0) is 29.9. The molecule has 0 radical (unpaired) electrons. The van der Waals surface area contributed by atoms with Crippen molar-refractivity contribution in [3.63, 3.8) is 0 Å². The molecule has 1 aromatic heterocycles.